The minimum absolute atomic E-state index is 0.0588. The van der Waals surface area contributed by atoms with E-state index in [0.29, 0.717) is 13.0 Å². The van der Waals surface area contributed by atoms with Gasteiger partial charge in [0.1, 0.15) is 11.8 Å². The molecule has 1 unspecified atom stereocenters. The molecule has 0 saturated carbocycles. The lowest BCUT2D eigenvalue weighted by Gasteiger charge is -2.30. The van der Waals surface area contributed by atoms with Gasteiger partial charge in [0.25, 0.3) is 0 Å². The molecule has 1 aromatic carbocycles. The van der Waals surface area contributed by atoms with E-state index >= 15 is 0 Å². The molecule has 0 fully saturated rings. The van der Waals surface area contributed by atoms with Crippen LogP contribution in [0.3, 0.4) is 0 Å². The second-order valence-electron chi connectivity index (χ2n) is 8.30. The Morgan fingerprint density at radius 3 is 2.48 bits per heavy atom. The smallest absolute Gasteiger partial charge is 0.243 e. The van der Waals surface area contributed by atoms with E-state index in [-0.39, 0.29) is 11.3 Å². The van der Waals surface area contributed by atoms with E-state index in [9.17, 15) is 4.79 Å². The van der Waals surface area contributed by atoms with E-state index in [4.69, 9.17) is 9.72 Å². The number of methoxy groups -OCH3 is 1. The summed E-state index contributed by atoms with van der Waals surface area (Å²) in [7, 11) is 1.64. The minimum Gasteiger partial charge on any atom is -0.497 e. The van der Waals surface area contributed by atoms with Crippen molar-refractivity contribution in [2.75, 3.05) is 12.0 Å². The van der Waals surface area contributed by atoms with Crippen LogP contribution in [-0.4, -0.2) is 29.0 Å². The second kappa shape index (κ2) is 9.92. The van der Waals surface area contributed by atoms with Crippen molar-refractivity contribution < 1.29 is 9.53 Å². The average molecular weight is 439 g/mol. The predicted octanol–water partition coefficient (Wildman–Crippen LogP) is 5.08. The fourth-order valence-corrected chi connectivity index (χ4v) is 4.29. The lowest BCUT2D eigenvalue weighted by molar-refractivity contribution is -0.122. The van der Waals surface area contributed by atoms with Gasteiger partial charge in [0.15, 0.2) is 5.13 Å². The lowest BCUT2D eigenvalue weighted by atomic mass is 9.93. The average Bonchev–Trinajstić information content (AvgIpc) is 3.27. The maximum Gasteiger partial charge on any atom is 0.243 e. The SMILES string of the molecule is CCC(C(=O)NCc1ccccn1)N(c1ccc(OC)cc1)c1nc(C(C)(C)C)cs1. The van der Waals surface area contributed by atoms with E-state index in [1.165, 1.54) is 0 Å². The van der Waals surface area contributed by atoms with Crippen LogP contribution in [0.15, 0.2) is 54.0 Å². The minimum atomic E-state index is -0.406. The van der Waals surface area contributed by atoms with Crippen LogP contribution in [0.2, 0.25) is 0 Å². The van der Waals surface area contributed by atoms with Crippen LogP contribution in [-0.2, 0) is 16.8 Å². The Kier molecular flexibility index (Phi) is 7.28. The van der Waals surface area contributed by atoms with Crippen LogP contribution >= 0.6 is 11.3 Å². The summed E-state index contributed by atoms with van der Waals surface area (Å²) >= 11 is 1.56. The van der Waals surface area contributed by atoms with Crippen molar-refractivity contribution in [3.05, 3.63) is 65.4 Å². The van der Waals surface area contributed by atoms with E-state index in [2.05, 4.69) is 36.5 Å². The number of aromatic nitrogens is 2. The number of benzene rings is 1. The molecule has 2 heterocycles. The summed E-state index contributed by atoms with van der Waals surface area (Å²) in [5.74, 6) is 0.711. The Balaban J connectivity index is 1.92. The number of carbonyl (C=O) groups excluding carboxylic acids is 1. The molecule has 6 nitrogen and oxygen atoms in total. The maximum absolute atomic E-state index is 13.2. The van der Waals surface area contributed by atoms with Gasteiger partial charge in [-0.2, -0.15) is 0 Å². The Bertz CT molecular complexity index is 981. The highest BCUT2D eigenvalue weighted by Gasteiger charge is 2.29. The molecule has 0 aliphatic carbocycles. The summed E-state index contributed by atoms with van der Waals surface area (Å²) in [6.45, 7) is 8.82. The first-order chi connectivity index (χ1) is 14.8. The number of hydrogen-bond acceptors (Lipinski definition) is 6. The van der Waals surface area contributed by atoms with Gasteiger partial charge in [-0.3, -0.25) is 9.78 Å². The Morgan fingerprint density at radius 2 is 1.94 bits per heavy atom. The number of anilines is 2. The van der Waals surface area contributed by atoms with Crippen LogP contribution in [0, 0.1) is 0 Å². The Hall–Kier alpha value is -2.93. The molecule has 0 aliphatic rings. The number of carbonyl (C=O) groups is 1. The Morgan fingerprint density at radius 1 is 1.19 bits per heavy atom. The fraction of sp³-hybridized carbons (Fsp3) is 0.375. The summed E-state index contributed by atoms with van der Waals surface area (Å²) in [4.78, 5) is 24.4. The first-order valence-corrected chi connectivity index (χ1v) is 11.3. The molecule has 0 aliphatic heterocycles. The van der Waals surface area contributed by atoms with Crippen LogP contribution < -0.4 is 15.0 Å². The number of hydrogen-bond donors (Lipinski definition) is 1. The summed E-state index contributed by atoms with van der Waals surface area (Å²) in [6.07, 6.45) is 2.36. The van der Waals surface area contributed by atoms with Crippen molar-refractivity contribution in [1.29, 1.82) is 0 Å². The van der Waals surface area contributed by atoms with Crippen molar-refractivity contribution in [3.63, 3.8) is 0 Å². The third kappa shape index (κ3) is 5.61. The zero-order valence-corrected chi connectivity index (χ0v) is 19.6. The van der Waals surface area contributed by atoms with Crippen LogP contribution in [0.4, 0.5) is 10.8 Å². The normalized spacial score (nSPS) is 12.3. The van der Waals surface area contributed by atoms with Gasteiger partial charge in [0, 0.05) is 22.7 Å². The number of nitrogens with one attached hydrogen (secondary N) is 1. The molecular formula is C24H30N4O2S. The molecule has 0 saturated heterocycles. The zero-order valence-electron chi connectivity index (χ0n) is 18.8. The van der Waals surface area contributed by atoms with Gasteiger partial charge in [-0.05, 0) is 42.8 Å². The number of rotatable bonds is 8. The highest BCUT2D eigenvalue weighted by molar-refractivity contribution is 7.13. The van der Waals surface area contributed by atoms with Crippen LogP contribution in [0.25, 0.3) is 0 Å². The van der Waals surface area contributed by atoms with E-state index < -0.39 is 6.04 Å². The van der Waals surface area contributed by atoms with Gasteiger partial charge in [-0.1, -0.05) is 33.8 Å². The first kappa shape index (κ1) is 22.7. The molecule has 1 amide bonds. The molecule has 1 N–H and O–H groups in total. The number of thiazole rings is 1. The molecule has 31 heavy (non-hydrogen) atoms. The van der Waals surface area contributed by atoms with Crippen molar-refractivity contribution in [1.82, 2.24) is 15.3 Å². The van der Waals surface area contributed by atoms with Crippen molar-refractivity contribution >= 4 is 28.1 Å². The zero-order chi connectivity index (χ0) is 22.4. The van der Waals surface area contributed by atoms with Gasteiger partial charge >= 0.3 is 0 Å². The Labute approximate surface area is 188 Å². The van der Waals surface area contributed by atoms with Gasteiger partial charge in [-0.25, -0.2) is 4.98 Å². The molecule has 7 heteroatoms. The second-order valence-corrected chi connectivity index (χ2v) is 9.13. The van der Waals surface area contributed by atoms with Crippen LogP contribution in [0.5, 0.6) is 5.75 Å². The van der Waals surface area contributed by atoms with E-state index in [1.54, 1.807) is 24.6 Å². The molecule has 0 bridgehead atoms. The van der Waals surface area contributed by atoms with Gasteiger partial charge < -0.3 is 15.0 Å². The molecule has 0 spiro atoms. The van der Waals surface area contributed by atoms with Crippen molar-refractivity contribution in [3.8, 4) is 5.75 Å². The number of amides is 1. The summed E-state index contributed by atoms with van der Waals surface area (Å²) < 4.78 is 5.31. The maximum atomic E-state index is 13.2. The van der Waals surface area contributed by atoms with Crippen LogP contribution in [0.1, 0.15) is 45.5 Å². The molecule has 0 radical (unpaired) electrons. The highest BCUT2D eigenvalue weighted by atomic mass is 32.1. The number of nitrogens with zero attached hydrogens (tertiary/aromatic N) is 3. The molecular weight excluding hydrogens is 408 g/mol. The van der Waals surface area contributed by atoms with Gasteiger partial charge in [-0.15, -0.1) is 11.3 Å². The molecule has 3 aromatic rings. The quantitative estimate of drug-likeness (QED) is 0.531. The van der Waals surface area contributed by atoms with Crippen molar-refractivity contribution in [2.45, 2.75) is 52.1 Å². The predicted molar refractivity (Wildman–Crippen MR) is 126 cm³/mol. The topological polar surface area (TPSA) is 67.4 Å². The monoisotopic (exact) mass is 438 g/mol. The third-order valence-electron chi connectivity index (χ3n) is 4.99. The third-order valence-corrected chi connectivity index (χ3v) is 5.83. The molecule has 164 valence electrons. The summed E-state index contributed by atoms with van der Waals surface area (Å²) in [5, 5.41) is 5.91. The largest absolute Gasteiger partial charge is 0.497 e. The molecule has 3 rings (SSSR count). The fourth-order valence-electron chi connectivity index (χ4n) is 3.17. The summed E-state index contributed by atoms with van der Waals surface area (Å²) in [6, 6.07) is 13.0. The van der Waals surface area contributed by atoms with Gasteiger partial charge in [0.05, 0.1) is 25.0 Å². The lowest BCUT2D eigenvalue weighted by Crippen LogP contribution is -2.44. The molecule has 1 atom stereocenters. The van der Waals surface area contributed by atoms with E-state index in [0.717, 1.165) is 28.0 Å². The number of pyridine rings is 1. The van der Waals surface area contributed by atoms with E-state index in [1.807, 2.05) is 54.3 Å². The first-order valence-electron chi connectivity index (χ1n) is 10.4. The standard InChI is InChI=1S/C24H30N4O2S/c1-6-20(22(29)26-15-17-9-7-8-14-25-17)28(18-10-12-19(30-5)13-11-18)23-27-21(16-31-23)24(2,3)4/h7-14,16,20H,6,15H2,1-5H3,(H,26,29). The highest BCUT2D eigenvalue weighted by Crippen LogP contribution is 2.35. The van der Waals surface area contributed by atoms with Crippen molar-refractivity contribution in [2.24, 2.45) is 0 Å². The summed E-state index contributed by atoms with van der Waals surface area (Å²) in [5.41, 5.74) is 2.67. The van der Waals surface area contributed by atoms with Gasteiger partial charge in [0.2, 0.25) is 5.91 Å². The molecule has 2 aromatic heterocycles. The number of ether oxygens (including phenoxy) is 1.